The summed E-state index contributed by atoms with van der Waals surface area (Å²) in [4.78, 5) is -0.0121. The zero-order chi connectivity index (χ0) is 11.6. The maximum absolute atomic E-state index is 12.3. The molecule has 0 saturated heterocycles. The van der Waals surface area contributed by atoms with Crippen molar-refractivity contribution in [2.75, 3.05) is 0 Å². The summed E-state index contributed by atoms with van der Waals surface area (Å²) in [5.74, 6) is -1.11. The van der Waals surface area contributed by atoms with Gasteiger partial charge in [0.2, 0.25) is 6.43 Å². The highest BCUT2D eigenvalue weighted by Gasteiger charge is 2.25. The number of allylic oxidation sites excluding steroid dienone is 3. The minimum absolute atomic E-state index is 0.0121. The van der Waals surface area contributed by atoms with Crippen LogP contribution in [-0.2, 0) is 9.05 Å². The second-order valence-corrected chi connectivity index (χ2v) is 6.06. The lowest BCUT2D eigenvalue weighted by Gasteiger charge is -2.21. The summed E-state index contributed by atoms with van der Waals surface area (Å²) >= 11 is 0. The van der Waals surface area contributed by atoms with E-state index in [4.69, 9.17) is 10.7 Å². The highest BCUT2D eigenvalue weighted by atomic mass is 35.7. The van der Waals surface area contributed by atoms with E-state index >= 15 is 0 Å². The number of alkyl halides is 2. The van der Waals surface area contributed by atoms with Gasteiger partial charge in [-0.25, -0.2) is 17.2 Å². The van der Waals surface area contributed by atoms with Crippen molar-refractivity contribution in [1.82, 2.24) is 0 Å². The largest absolute Gasteiger partial charge is 0.260 e. The molecule has 0 heterocycles. The first-order chi connectivity index (χ1) is 6.82. The minimum Gasteiger partial charge on any atom is -0.210 e. The summed E-state index contributed by atoms with van der Waals surface area (Å²) in [6, 6.07) is 0. The highest BCUT2D eigenvalue weighted by Crippen LogP contribution is 2.30. The Balaban J connectivity index is 2.73. The maximum atomic E-state index is 12.3. The number of halogens is 3. The highest BCUT2D eigenvalue weighted by molar-refractivity contribution is 8.17. The normalized spacial score (nSPS) is 24.1. The summed E-state index contributed by atoms with van der Waals surface area (Å²) in [5, 5.41) is 0. The Morgan fingerprint density at radius 1 is 1.53 bits per heavy atom. The third kappa shape index (κ3) is 3.28. The summed E-state index contributed by atoms with van der Waals surface area (Å²) in [5.41, 5.74) is 0. The molecule has 86 valence electrons. The molecule has 0 radical (unpaired) electrons. The van der Waals surface area contributed by atoms with E-state index in [2.05, 4.69) is 0 Å². The molecular weight excluding hydrogens is 246 g/mol. The van der Waals surface area contributed by atoms with E-state index in [9.17, 15) is 17.2 Å². The average molecular weight is 257 g/mol. The summed E-state index contributed by atoms with van der Waals surface area (Å²) in [7, 11) is 1.37. The fourth-order valence-electron chi connectivity index (χ4n) is 1.37. The van der Waals surface area contributed by atoms with Crippen LogP contribution in [0.2, 0.25) is 0 Å². The van der Waals surface area contributed by atoms with E-state index in [-0.39, 0.29) is 17.2 Å². The summed E-state index contributed by atoms with van der Waals surface area (Å²) in [6.07, 6.45) is 2.03. The zero-order valence-corrected chi connectivity index (χ0v) is 9.60. The van der Waals surface area contributed by atoms with Crippen molar-refractivity contribution in [3.8, 4) is 0 Å². The lowest BCUT2D eigenvalue weighted by molar-refractivity contribution is 0.0652. The molecule has 0 aromatic carbocycles. The Hall–Kier alpha value is -0.420. The molecule has 2 atom stereocenters. The van der Waals surface area contributed by atoms with Crippen LogP contribution < -0.4 is 0 Å². The first-order valence-corrected chi connectivity index (χ1v) is 6.74. The van der Waals surface area contributed by atoms with Gasteiger partial charge in [0.1, 0.15) is 0 Å². The average Bonchev–Trinajstić information content (AvgIpc) is 2.15. The van der Waals surface area contributed by atoms with Crippen LogP contribution in [-0.4, -0.2) is 14.8 Å². The van der Waals surface area contributed by atoms with Crippen molar-refractivity contribution in [2.45, 2.75) is 19.8 Å². The molecule has 0 spiro atoms. The molecule has 1 aliphatic carbocycles. The lowest BCUT2D eigenvalue weighted by atomic mass is 9.88. The van der Waals surface area contributed by atoms with Crippen LogP contribution in [0, 0.1) is 11.8 Å². The van der Waals surface area contributed by atoms with E-state index in [1.165, 1.54) is 25.2 Å². The van der Waals surface area contributed by atoms with Gasteiger partial charge in [0.25, 0.3) is 9.05 Å². The maximum Gasteiger partial charge on any atom is 0.260 e. The van der Waals surface area contributed by atoms with Crippen LogP contribution in [0.25, 0.3) is 0 Å². The van der Waals surface area contributed by atoms with E-state index in [1.54, 1.807) is 0 Å². The van der Waals surface area contributed by atoms with Crippen molar-refractivity contribution in [3.63, 3.8) is 0 Å². The molecule has 2 unspecified atom stereocenters. The Labute approximate surface area is 92.0 Å². The SMILES string of the molecule is CC(C(F)F)C1C=CC(S(=O)(=O)Cl)=CC1. The van der Waals surface area contributed by atoms with Crippen LogP contribution in [0.5, 0.6) is 0 Å². The van der Waals surface area contributed by atoms with Gasteiger partial charge in [-0.15, -0.1) is 0 Å². The molecule has 0 fully saturated rings. The topological polar surface area (TPSA) is 34.1 Å². The standard InChI is InChI=1S/C9H11ClF2O2S/c1-6(9(11)12)7-2-4-8(5-3-7)15(10,13)14/h2,4-7,9H,3H2,1H3. The predicted molar refractivity (Wildman–Crippen MR) is 55.3 cm³/mol. The smallest absolute Gasteiger partial charge is 0.210 e. The zero-order valence-electron chi connectivity index (χ0n) is 8.03. The molecule has 1 rings (SSSR count). The van der Waals surface area contributed by atoms with Gasteiger partial charge in [0.15, 0.2) is 0 Å². The van der Waals surface area contributed by atoms with E-state index in [1.807, 2.05) is 0 Å². The molecule has 0 amide bonds. The van der Waals surface area contributed by atoms with Gasteiger partial charge < -0.3 is 0 Å². The number of rotatable bonds is 3. The molecular formula is C9H11ClF2O2S. The van der Waals surface area contributed by atoms with Gasteiger partial charge in [0.05, 0.1) is 4.91 Å². The number of hydrogen-bond acceptors (Lipinski definition) is 2. The van der Waals surface area contributed by atoms with Crippen LogP contribution in [0.4, 0.5) is 8.78 Å². The molecule has 2 nitrogen and oxygen atoms in total. The first-order valence-electron chi connectivity index (χ1n) is 4.43. The molecule has 0 N–H and O–H groups in total. The second-order valence-electron chi connectivity index (χ2n) is 3.50. The molecule has 6 heteroatoms. The van der Waals surface area contributed by atoms with Crippen LogP contribution in [0.3, 0.4) is 0 Å². The fourth-order valence-corrected chi connectivity index (χ4v) is 2.25. The Kier molecular flexibility index (Phi) is 3.89. The second kappa shape index (κ2) is 4.61. The van der Waals surface area contributed by atoms with Gasteiger partial charge in [-0.3, -0.25) is 0 Å². The summed E-state index contributed by atoms with van der Waals surface area (Å²) in [6.45, 7) is 1.44. The molecule has 0 aromatic heterocycles. The van der Waals surface area contributed by atoms with Gasteiger partial charge in [-0.1, -0.05) is 19.1 Å². The van der Waals surface area contributed by atoms with Crippen molar-refractivity contribution in [1.29, 1.82) is 0 Å². The molecule has 0 aromatic rings. The van der Waals surface area contributed by atoms with Crippen molar-refractivity contribution in [3.05, 3.63) is 23.1 Å². The Morgan fingerprint density at radius 3 is 2.47 bits per heavy atom. The lowest BCUT2D eigenvalue weighted by Crippen LogP contribution is -2.18. The fraction of sp³-hybridized carbons (Fsp3) is 0.556. The first kappa shape index (κ1) is 12.6. The van der Waals surface area contributed by atoms with Crippen molar-refractivity contribution < 1.29 is 17.2 Å². The quantitative estimate of drug-likeness (QED) is 0.728. The molecule has 0 saturated carbocycles. The van der Waals surface area contributed by atoms with Crippen molar-refractivity contribution in [2.24, 2.45) is 11.8 Å². The Bertz CT molecular complexity index is 387. The van der Waals surface area contributed by atoms with Crippen LogP contribution >= 0.6 is 10.7 Å². The molecule has 0 aliphatic heterocycles. The van der Waals surface area contributed by atoms with Gasteiger partial charge in [-0.05, 0) is 18.4 Å². The van der Waals surface area contributed by atoms with Crippen LogP contribution in [0.1, 0.15) is 13.3 Å². The molecule has 1 aliphatic rings. The van der Waals surface area contributed by atoms with E-state index < -0.39 is 21.4 Å². The Morgan fingerprint density at radius 2 is 2.13 bits per heavy atom. The third-order valence-corrected chi connectivity index (χ3v) is 3.85. The summed E-state index contributed by atoms with van der Waals surface area (Å²) < 4.78 is 46.5. The van der Waals surface area contributed by atoms with Crippen LogP contribution in [0.15, 0.2) is 23.1 Å². The molecule has 0 bridgehead atoms. The number of hydrogen-bond donors (Lipinski definition) is 0. The molecule has 15 heavy (non-hydrogen) atoms. The van der Waals surface area contributed by atoms with Crippen molar-refractivity contribution >= 4 is 19.7 Å². The van der Waals surface area contributed by atoms with Gasteiger partial charge in [0, 0.05) is 16.6 Å². The third-order valence-electron chi connectivity index (χ3n) is 2.45. The van der Waals surface area contributed by atoms with E-state index in [0.29, 0.717) is 0 Å². The monoisotopic (exact) mass is 256 g/mol. The van der Waals surface area contributed by atoms with Gasteiger partial charge >= 0.3 is 0 Å². The van der Waals surface area contributed by atoms with E-state index in [0.717, 1.165) is 0 Å². The predicted octanol–water partition coefficient (Wildman–Crippen LogP) is 2.92. The van der Waals surface area contributed by atoms with Gasteiger partial charge in [-0.2, -0.15) is 0 Å². The minimum atomic E-state index is -3.74.